The molecule has 0 saturated carbocycles. The first kappa shape index (κ1) is 17.0. The highest BCUT2D eigenvalue weighted by atomic mass is 79.9. The molecule has 112 valence electrons. The monoisotopic (exact) mass is 353 g/mol. The summed E-state index contributed by atoms with van der Waals surface area (Å²) in [7, 11) is 0. The molecule has 21 heavy (non-hydrogen) atoms. The molecule has 7 heteroatoms. The highest BCUT2D eigenvalue weighted by molar-refractivity contribution is 9.10. The van der Waals surface area contributed by atoms with Crippen LogP contribution in [-0.4, -0.2) is 23.1 Å². The number of anilines is 1. The topological polar surface area (TPSA) is 102 Å². The maximum atomic E-state index is 11.9. The van der Waals surface area contributed by atoms with Crippen LogP contribution in [0.4, 0.5) is 10.5 Å². The van der Waals surface area contributed by atoms with Crippen LogP contribution in [0, 0.1) is 11.3 Å². The van der Waals surface area contributed by atoms with E-state index in [0.29, 0.717) is 17.7 Å². The van der Waals surface area contributed by atoms with Gasteiger partial charge in [-0.15, -0.1) is 0 Å². The summed E-state index contributed by atoms with van der Waals surface area (Å²) in [6, 6.07) is 5.93. The molecule has 1 aromatic carbocycles. The average Bonchev–Trinajstić information content (AvgIpc) is 2.40. The van der Waals surface area contributed by atoms with E-state index < -0.39 is 18.0 Å². The molecule has 0 aliphatic carbocycles. The molecule has 0 bridgehead atoms. The number of amides is 2. The van der Waals surface area contributed by atoms with Crippen LogP contribution >= 0.6 is 15.9 Å². The predicted octanol–water partition coefficient (Wildman–Crippen LogP) is 3.09. The van der Waals surface area contributed by atoms with Crippen LogP contribution in [0.2, 0.25) is 0 Å². The Morgan fingerprint density at radius 3 is 2.76 bits per heavy atom. The van der Waals surface area contributed by atoms with Crippen molar-refractivity contribution in [3.05, 3.63) is 28.2 Å². The maximum Gasteiger partial charge on any atom is 0.319 e. The van der Waals surface area contributed by atoms with E-state index in [0.717, 1.165) is 10.9 Å². The van der Waals surface area contributed by atoms with Gasteiger partial charge in [0, 0.05) is 10.5 Å². The molecule has 0 fully saturated rings. The molecule has 6 nitrogen and oxygen atoms in total. The molecule has 1 aromatic rings. The second kappa shape index (κ2) is 8.27. The second-order valence-corrected chi connectivity index (χ2v) is 5.40. The number of halogens is 1. The number of urea groups is 1. The number of nitriles is 1. The SMILES string of the molecule is CCCC(CC(=O)O)NC(=O)Nc1ccc(Br)cc1C#N. The number of carboxylic acid groups (broad SMARTS) is 1. The molecule has 0 radical (unpaired) electrons. The number of benzene rings is 1. The fourth-order valence-corrected chi connectivity index (χ4v) is 2.21. The number of aliphatic carboxylic acids is 1. The number of nitrogens with zero attached hydrogens (tertiary/aromatic N) is 1. The number of hydrogen-bond acceptors (Lipinski definition) is 3. The number of nitrogens with one attached hydrogen (secondary N) is 2. The van der Waals surface area contributed by atoms with Crippen molar-refractivity contribution in [3.8, 4) is 6.07 Å². The standard InChI is InChI=1S/C14H16BrN3O3/c1-2-3-11(7-13(19)20)17-14(21)18-12-5-4-10(15)6-9(12)8-16/h4-6,11H,2-3,7H2,1H3,(H,19,20)(H2,17,18,21). The van der Waals surface area contributed by atoms with Crippen LogP contribution in [0.15, 0.2) is 22.7 Å². The van der Waals surface area contributed by atoms with E-state index in [2.05, 4.69) is 26.6 Å². The van der Waals surface area contributed by atoms with Crippen LogP contribution in [-0.2, 0) is 4.79 Å². The third kappa shape index (κ3) is 5.83. The molecule has 3 N–H and O–H groups in total. The van der Waals surface area contributed by atoms with E-state index in [9.17, 15) is 9.59 Å². The van der Waals surface area contributed by atoms with Gasteiger partial charge in [-0.3, -0.25) is 4.79 Å². The van der Waals surface area contributed by atoms with E-state index in [1.54, 1.807) is 18.2 Å². The summed E-state index contributed by atoms with van der Waals surface area (Å²) in [5.74, 6) is -0.963. The lowest BCUT2D eigenvalue weighted by Gasteiger charge is -2.17. The van der Waals surface area contributed by atoms with Gasteiger partial charge in [0.15, 0.2) is 0 Å². The van der Waals surface area contributed by atoms with Crippen LogP contribution in [0.3, 0.4) is 0 Å². The van der Waals surface area contributed by atoms with Gasteiger partial charge in [-0.1, -0.05) is 29.3 Å². The van der Waals surface area contributed by atoms with E-state index >= 15 is 0 Å². The van der Waals surface area contributed by atoms with Crippen LogP contribution < -0.4 is 10.6 Å². The minimum atomic E-state index is -0.963. The van der Waals surface area contributed by atoms with E-state index in [-0.39, 0.29) is 6.42 Å². The Labute approximate surface area is 131 Å². The molecule has 0 saturated heterocycles. The lowest BCUT2D eigenvalue weighted by Crippen LogP contribution is -2.39. The minimum absolute atomic E-state index is 0.132. The van der Waals surface area contributed by atoms with Crippen molar-refractivity contribution < 1.29 is 14.7 Å². The summed E-state index contributed by atoms with van der Waals surface area (Å²) in [6.45, 7) is 1.91. The smallest absolute Gasteiger partial charge is 0.319 e. The fourth-order valence-electron chi connectivity index (χ4n) is 1.85. The first-order valence-corrected chi connectivity index (χ1v) is 7.24. The zero-order valence-corrected chi connectivity index (χ0v) is 13.1. The Hall–Kier alpha value is -2.07. The van der Waals surface area contributed by atoms with Crippen molar-refractivity contribution in [2.45, 2.75) is 32.2 Å². The summed E-state index contributed by atoms with van der Waals surface area (Å²) in [6.07, 6.45) is 1.21. The van der Waals surface area contributed by atoms with Gasteiger partial charge in [-0.25, -0.2) is 4.79 Å². The van der Waals surface area contributed by atoms with Crippen LogP contribution in [0.25, 0.3) is 0 Å². The minimum Gasteiger partial charge on any atom is -0.481 e. The lowest BCUT2D eigenvalue weighted by molar-refractivity contribution is -0.137. The Bertz CT molecular complexity index is 569. The number of carboxylic acids is 1. The molecule has 0 heterocycles. The Balaban J connectivity index is 2.72. The number of rotatable bonds is 6. The van der Waals surface area contributed by atoms with Gasteiger partial charge < -0.3 is 15.7 Å². The largest absolute Gasteiger partial charge is 0.481 e. The highest BCUT2D eigenvalue weighted by Crippen LogP contribution is 2.20. The Morgan fingerprint density at radius 2 is 2.19 bits per heavy atom. The molecule has 0 aliphatic rings. The van der Waals surface area contributed by atoms with Gasteiger partial charge in [-0.2, -0.15) is 5.26 Å². The third-order valence-electron chi connectivity index (χ3n) is 2.74. The number of hydrogen-bond donors (Lipinski definition) is 3. The van der Waals surface area contributed by atoms with Crippen molar-refractivity contribution in [1.29, 1.82) is 5.26 Å². The first-order valence-electron chi connectivity index (χ1n) is 6.45. The summed E-state index contributed by atoms with van der Waals surface area (Å²) in [5.41, 5.74) is 0.702. The molecule has 1 unspecified atom stereocenters. The van der Waals surface area contributed by atoms with Gasteiger partial charge in [0.25, 0.3) is 0 Å². The second-order valence-electron chi connectivity index (χ2n) is 4.48. The molecule has 0 spiro atoms. The van der Waals surface area contributed by atoms with Crippen LogP contribution in [0.1, 0.15) is 31.7 Å². The Kier molecular flexibility index (Phi) is 6.69. The predicted molar refractivity (Wildman–Crippen MR) is 82.0 cm³/mol. The molecule has 2 amide bonds. The van der Waals surface area contributed by atoms with Gasteiger partial charge in [0.2, 0.25) is 0 Å². The molecule has 1 rings (SSSR count). The van der Waals surface area contributed by atoms with Crippen molar-refractivity contribution in [3.63, 3.8) is 0 Å². The zero-order chi connectivity index (χ0) is 15.8. The third-order valence-corrected chi connectivity index (χ3v) is 3.24. The molecule has 1 atom stereocenters. The lowest BCUT2D eigenvalue weighted by atomic mass is 10.1. The fraction of sp³-hybridized carbons (Fsp3) is 0.357. The number of carbonyl (C=O) groups excluding carboxylic acids is 1. The van der Waals surface area contributed by atoms with Crippen molar-refractivity contribution >= 4 is 33.6 Å². The van der Waals surface area contributed by atoms with Gasteiger partial charge in [-0.05, 0) is 24.6 Å². The summed E-state index contributed by atoms with van der Waals surface area (Å²) < 4.78 is 0.736. The normalized spacial score (nSPS) is 11.3. The molecular weight excluding hydrogens is 338 g/mol. The van der Waals surface area contributed by atoms with E-state index in [1.165, 1.54) is 0 Å². The van der Waals surface area contributed by atoms with E-state index in [1.807, 2.05) is 13.0 Å². The summed E-state index contributed by atoms with van der Waals surface area (Å²) >= 11 is 3.25. The Morgan fingerprint density at radius 1 is 1.48 bits per heavy atom. The molecular formula is C14H16BrN3O3. The zero-order valence-electron chi connectivity index (χ0n) is 11.5. The first-order chi connectivity index (χ1) is 9.96. The van der Waals surface area contributed by atoms with Gasteiger partial charge in [0.1, 0.15) is 6.07 Å². The number of carbonyl (C=O) groups is 2. The van der Waals surface area contributed by atoms with Crippen LogP contribution in [0.5, 0.6) is 0 Å². The van der Waals surface area contributed by atoms with Gasteiger partial charge >= 0.3 is 12.0 Å². The highest BCUT2D eigenvalue weighted by Gasteiger charge is 2.16. The van der Waals surface area contributed by atoms with Gasteiger partial charge in [0.05, 0.1) is 17.7 Å². The average molecular weight is 354 g/mol. The van der Waals surface area contributed by atoms with Crippen molar-refractivity contribution in [2.75, 3.05) is 5.32 Å². The summed E-state index contributed by atoms with van der Waals surface area (Å²) in [4.78, 5) is 22.6. The molecule has 0 aliphatic heterocycles. The van der Waals surface area contributed by atoms with Crippen molar-refractivity contribution in [2.24, 2.45) is 0 Å². The summed E-state index contributed by atoms with van der Waals surface area (Å²) in [5, 5.41) is 23.0. The molecule has 0 aromatic heterocycles. The van der Waals surface area contributed by atoms with Crippen molar-refractivity contribution in [1.82, 2.24) is 5.32 Å². The maximum absolute atomic E-state index is 11.9. The van der Waals surface area contributed by atoms with E-state index in [4.69, 9.17) is 10.4 Å². The quantitative estimate of drug-likeness (QED) is 0.730.